The van der Waals surface area contributed by atoms with Crippen LogP contribution in [0.1, 0.15) is 59.2 Å². The first-order chi connectivity index (χ1) is 18.9. The van der Waals surface area contributed by atoms with Gasteiger partial charge < -0.3 is 25.2 Å². The number of aliphatic hydroxyl groups is 1. The molecule has 3 aromatic carbocycles. The molecule has 6 nitrogen and oxygen atoms in total. The third-order valence-electron chi connectivity index (χ3n) is 7.71. The second-order valence-electron chi connectivity index (χ2n) is 10.3. The number of para-hydroxylation sites is 2. The first-order valence-corrected chi connectivity index (χ1v) is 14.1. The number of nitrogens with two attached hydrogens (primary N) is 1. The van der Waals surface area contributed by atoms with E-state index >= 15 is 0 Å². The van der Waals surface area contributed by atoms with Gasteiger partial charge in [-0.2, -0.15) is 0 Å². The summed E-state index contributed by atoms with van der Waals surface area (Å²) in [5.74, 6) is 0.956. The first-order valence-electron chi connectivity index (χ1n) is 13.7. The lowest BCUT2D eigenvalue weighted by molar-refractivity contribution is -0.0589. The Labute approximate surface area is 236 Å². The topological polar surface area (TPSA) is 85.0 Å². The molecule has 1 saturated heterocycles. The standard InChI is InChI=1S/C32H39ClN2O4/c1-23-9-7-12-28(33)30(23)39-29-13-4-3-11-27(29)32(37,18-5-6-20-38-2)26-10-8-19-35(22-26)31(36)25-16-14-24(21-34)15-17-25/h3-4,7,9,11-17,26,37H,5-6,8,10,18-22,34H2,1-2H3. The number of hydrogen-bond donors (Lipinski definition) is 2. The van der Waals surface area contributed by atoms with Gasteiger partial charge in [0.2, 0.25) is 0 Å². The number of hydrogen-bond acceptors (Lipinski definition) is 5. The third-order valence-corrected chi connectivity index (χ3v) is 8.00. The molecule has 2 unspecified atom stereocenters. The van der Waals surface area contributed by atoms with Gasteiger partial charge in [-0.1, -0.05) is 54.1 Å². The van der Waals surface area contributed by atoms with E-state index in [2.05, 4.69) is 0 Å². The van der Waals surface area contributed by atoms with Gasteiger partial charge >= 0.3 is 0 Å². The van der Waals surface area contributed by atoms with Crippen LogP contribution in [-0.2, 0) is 16.9 Å². The molecule has 0 aromatic heterocycles. The number of amides is 1. The van der Waals surface area contributed by atoms with Crippen molar-refractivity contribution in [2.24, 2.45) is 11.7 Å². The van der Waals surface area contributed by atoms with Crippen LogP contribution in [0.5, 0.6) is 11.5 Å². The lowest BCUT2D eigenvalue weighted by atomic mass is 9.73. The second kappa shape index (κ2) is 13.4. The average Bonchev–Trinajstić information content (AvgIpc) is 2.97. The lowest BCUT2D eigenvalue weighted by Crippen LogP contribution is -2.48. The minimum atomic E-state index is -1.21. The quantitative estimate of drug-likeness (QED) is 0.268. The smallest absolute Gasteiger partial charge is 0.253 e. The molecular formula is C32H39ClN2O4. The molecule has 0 saturated carbocycles. The summed E-state index contributed by atoms with van der Waals surface area (Å²) < 4.78 is 11.7. The molecule has 1 aliphatic heterocycles. The highest BCUT2D eigenvalue weighted by Gasteiger charge is 2.43. The van der Waals surface area contributed by atoms with Gasteiger partial charge in [0.15, 0.2) is 0 Å². The molecule has 1 aliphatic rings. The minimum absolute atomic E-state index is 0.0266. The molecule has 0 spiro atoms. The Balaban J connectivity index is 1.65. The van der Waals surface area contributed by atoms with E-state index in [0.717, 1.165) is 36.8 Å². The molecule has 208 valence electrons. The van der Waals surface area contributed by atoms with Crippen molar-refractivity contribution in [3.63, 3.8) is 0 Å². The molecule has 3 N–H and O–H groups in total. The number of aryl methyl sites for hydroxylation is 1. The van der Waals surface area contributed by atoms with Crippen molar-refractivity contribution in [3.05, 3.63) is 94.0 Å². The van der Waals surface area contributed by atoms with Crippen LogP contribution >= 0.6 is 11.6 Å². The van der Waals surface area contributed by atoms with E-state index in [1.165, 1.54) is 0 Å². The van der Waals surface area contributed by atoms with E-state index in [1.807, 2.05) is 72.5 Å². The summed E-state index contributed by atoms with van der Waals surface area (Å²) in [7, 11) is 1.69. The number of carbonyl (C=O) groups is 1. The Hall–Kier alpha value is -2.90. The number of methoxy groups -OCH3 is 1. The van der Waals surface area contributed by atoms with Gasteiger partial charge in [0.1, 0.15) is 11.5 Å². The molecule has 1 amide bonds. The largest absolute Gasteiger partial charge is 0.455 e. The van der Waals surface area contributed by atoms with Crippen molar-refractivity contribution in [1.29, 1.82) is 0 Å². The van der Waals surface area contributed by atoms with Crippen LogP contribution in [0.15, 0.2) is 66.7 Å². The van der Waals surface area contributed by atoms with E-state index in [4.69, 9.17) is 26.8 Å². The van der Waals surface area contributed by atoms with Crippen molar-refractivity contribution in [1.82, 2.24) is 4.90 Å². The van der Waals surface area contributed by atoms with E-state index in [0.29, 0.717) is 60.3 Å². The monoisotopic (exact) mass is 550 g/mol. The third kappa shape index (κ3) is 6.82. The minimum Gasteiger partial charge on any atom is -0.455 e. The normalized spacial score (nSPS) is 17.1. The fourth-order valence-electron chi connectivity index (χ4n) is 5.49. The van der Waals surface area contributed by atoms with Crippen LogP contribution in [0.3, 0.4) is 0 Å². The van der Waals surface area contributed by atoms with Crippen LogP contribution in [0.4, 0.5) is 0 Å². The van der Waals surface area contributed by atoms with E-state index in [9.17, 15) is 9.90 Å². The fourth-order valence-corrected chi connectivity index (χ4v) is 5.75. The molecule has 7 heteroatoms. The first kappa shape index (κ1) is 29.1. The summed E-state index contributed by atoms with van der Waals surface area (Å²) in [6.45, 7) is 4.13. The summed E-state index contributed by atoms with van der Waals surface area (Å²) in [4.78, 5) is 15.3. The Bertz CT molecular complexity index is 1230. The van der Waals surface area contributed by atoms with Gasteiger partial charge in [0.05, 0.1) is 10.6 Å². The number of piperidine rings is 1. The molecule has 4 rings (SSSR count). The summed E-state index contributed by atoms with van der Waals surface area (Å²) in [6.07, 6.45) is 3.74. The van der Waals surface area contributed by atoms with Crippen molar-refractivity contribution in [2.75, 3.05) is 26.8 Å². The summed E-state index contributed by atoms with van der Waals surface area (Å²) in [6, 6.07) is 20.7. The summed E-state index contributed by atoms with van der Waals surface area (Å²) >= 11 is 6.49. The maximum atomic E-state index is 13.4. The molecule has 2 atom stereocenters. The molecule has 0 aliphatic carbocycles. The SMILES string of the molecule is COCCCCC(O)(c1ccccc1Oc1c(C)cccc1Cl)C1CCCN(C(=O)c2ccc(CN)cc2)C1. The Kier molecular flexibility index (Phi) is 10.0. The van der Waals surface area contributed by atoms with Crippen LogP contribution in [0, 0.1) is 12.8 Å². The molecule has 0 radical (unpaired) electrons. The second-order valence-corrected chi connectivity index (χ2v) is 10.8. The van der Waals surface area contributed by atoms with Gasteiger partial charge in [-0.15, -0.1) is 0 Å². The highest BCUT2D eigenvalue weighted by molar-refractivity contribution is 6.32. The zero-order valence-corrected chi connectivity index (χ0v) is 23.6. The number of ether oxygens (including phenoxy) is 2. The number of nitrogens with zero attached hydrogens (tertiary/aromatic N) is 1. The highest BCUT2D eigenvalue weighted by atomic mass is 35.5. The molecular weight excluding hydrogens is 512 g/mol. The molecule has 3 aromatic rings. The van der Waals surface area contributed by atoms with Gasteiger partial charge in [0.25, 0.3) is 5.91 Å². The fraction of sp³-hybridized carbons (Fsp3) is 0.406. The number of halogens is 1. The number of rotatable bonds is 11. The zero-order chi connectivity index (χ0) is 27.8. The summed E-state index contributed by atoms with van der Waals surface area (Å²) in [5, 5.41) is 13.1. The van der Waals surface area contributed by atoms with Crippen LogP contribution < -0.4 is 10.5 Å². The maximum absolute atomic E-state index is 13.4. The van der Waals surface area contributed by atoms with Crippen molar-refractivity contribution >= 4 is 17.5 Å². The van der Waals surface area contributed by atoms with Crippen LogP contribution in [0.2, 0.25) is 5.02 Å². The highest BCUT2D eigenvalue weighted by Crippen LogP contribution is 2.45. The van der Waals surface area contributed by atoms with E-state index in [1.54, 1.807) is 13.2 Å². The maximum Gasteiger partial charge on any atom is 0.253 e. The molecule has 39 heavy (non-hydrogen) atoms. The van der Waals surface area contributed by atoms with Crippen LogP contribution in [-0.4, -0.2) is 42.7 Å². The van der Waals surface area contributed by atoms with Gasteiger partial charge in [-0.3, -0.25) is 4.79 Å². The number of unbranched alkanes of at least 4 members (excludes halogenated alkanes) is 1. The van der Waals surface area contributed by atoms with Gasteiger partial charge in [0, 0.05) is 50.4 Å². The number of benzene rings is 3. The molecule has 1 heterocycles. The van der Waals surface area contributed by atoms with Crippen molar-refractivity contribution in [3.8, 4) is 11.5 Å². The summed E-state index contributed by atoms with van der Waals surface area (Å²) in [5.41, 5.74) is 7.77. The van der Waals surface area contributed by atoms with Crippen molar-refractivity contribution in [2.45, 2.75) is 51.2 Å². The Morgan fingerprint density at radius 2 is 1.87 bits per heavy atom. The molecule has 0 bridgehead atoms. The average molecular weight is 551 g/mol. The Morgan fingerprint density at radius 3 is 2.59 bits per heavy atom. The number of likely N-dealkylation sites (tertiary alicyclic amines) is 1. The zero-order valence-electron chi connectivity index (χ0n) is 22.9. The van der Waals surface area contributed by atoms with Crippen LogP contribution in [0.25, 0.3) is 0 Å². The predicted octanol–water partition coefficient (Wildman–Crippen LogP) is 6.46. The lowest BCUT2D eigenvalue weighted by Gasteiger charge is -2.43. The van der Waals surface area contributed by atoms with Gasteiger partial charge in [-0.05, 0) is 74.4 Å². The van der Waals surface area contributed by atoms with Crippen molar-refractivity contribution < 1.29 is 19.4 Å². The van der Waals surface area contributed by atoms with E-state index in [-0.39, 0.29) is 11.8 Å². The Morgan fingerprint density at radius 1 is 1.10 bits per heavy atom. The number of carbonyl (C=O) groups excluding carboxylic acids is 1. The molecule has 1 fully saturated rings. The predicted molar refractivity (Wildman–Crippen MR) is 155 cm³/mol. The van der Waals surface area contributed by atoms with E-state index < -0.39 is 5.60 Å². The van der Waals surface area contributed by atoms with Gasteiger partial charge in [-0.25, -0.2) is 0 Å².